The molecule has 0 saturated heterocycles. The van der Waals surface area contributed by atoms with Gasteiger partial charge in [-0.05, 0) is 17.7 Å². The van der Waals surface area contributed by atoms with Gasteiger partial charge in [0.15, 0.2) is 11.6 Å². The van der Waals surface area contributed by atoms with E-state index in [1.165, 1.54) is 11.1 Å². The van der Waals surface area contributed by atoms with Crippen LogP contribution in [0.2, 0.25) is 0 Å². The van der Waals surface area contributed by atoms with Crippen molar-refractivity contribution in [3.63, 3.8) is 0 Å². The van der Waals surface area contributed by atoms with Crippen LogP contribution in [0.3, 0.4) is 0 Å². The lowest BCUT2D eigenvalue weighted by Gasteiger charge is -1.97. The monoisotopic (exact) mass is 311 g/mol. The summed E-state index contributed by atoms with van der Waals surface area (Å²) in [5.41, 5.74) is 3.53. The first-order chi connectivity index (χ1) is 9.31. The molecule has 1 aliphatic rings. The van der Waals surface area contributed by atoms with Crippen LogP contribution < -0.4 is 0 Å². The number of halogens is 1. The molecule has 1 aromatic heterocycles. The van der Waals surface area contributed by atoms with Crippen LogP contribution in [0, 0.1) is 0 Å². The van der Waals surface area contributed by atoms with E-state index < -0.39 is 0 Å². The molecule has 0 N–H and O–H groups in total. The van der Waals surface area contributed by atoms with E-state index in [1.807, 2.05) is 35.0 Å². The highest BCUT2D eigenvalue weighted by atomic mass is 79.9. The molecule has 0 unspecified atom stereocenters. The van der Waals surface area contributed by atoms with Crippen molar-refractivity contribution < 1.29 is 0 Å². The molecule has 2 heterocycles. The third kappa shape index (κ3) is 1.71. The lowest BCUT2D eigenvalue weighted by Crippen LogP contribution is -1.95. The molecular weight excluding hydrogens is 302 g/mol. The topological polar surface area (TPSA) is 30.7 Å². The van der Waals surface area contributed by atoms with Crippen molar-refractivity contribution in [2.45, 2.75) is 6.54 Å². The van der Waals surface area contributed by atoms with Crippen LogP contribution in [0.25, 0.3) is 22.8 Å². The molecule has 0 atom stereocenters. The van der Waals surface area contributed by atoms with Gasteiger partial charge in [-0.3, -0.25) is 0 Å². The van der Waals surface area contributed by atoms with Gasteiger partial charge in [0.1, 0.15) is 0 Å². The number of aromatic nitrogens is 3. The number of nitrogens with zero attached hydrogens (tertiary/aromatic N) is 3. The highest BCUT2D eigenvalue weighted by molar-refractivity contribution is 9.10. The third-order valence-corrected chi connectivity index (χ3v) is 3.88. The minimum absolute atomic E-state index is 0.789. The molecule has 19 heavy (non-hydrogen) atoms. The van der Waals surface area contributed by atoms with E-state index in [2.05, 4.69) is 44.2 Å². The van der Waals surface area contributed by atoms with Crippen molar-refractivity contribution in [2.24, 2.45) is 0 Å². The number of rotatable bonds is 1. The number of benzene rings is 2. The van der Waals surface area contributed by atoms with Crippen molar-refractivity contribution in [3.05, 3.63) is 58.6 Å². The van der Waals surface area contributed by atoms with E-state index in [9.17, 15) is 0 Å². The molecule has 1 aliphatic heterocycles. The summed E-state index contributed by atoms with van der Waals surface area (Å²) in [5, 5.41) is 4.60. The summed E-state index contributed by atoms with van der Waals surface area (Å²) >= 11 is 3.44. The first-order valence-electron chi connectivity index (χ1n) is 6.10. The maximum atomic E-state index is 4.67. The predicted octanol–water partition coefficient (Wildman–Crippen LogP) is 3.74. The molecule has 2 aromatic carbocycles. The van der Waals surface area contributed by atoms with Crippen molar-refractivity contribution in [3.8, 4) is 22.8 Å². The standard InChI is InChI=1S/C15H10BrN3/c16-12-7-5-10(6-8-12)14-17-15-13-4-2-1-3-11(13)9-19(15)18-14/h1-8H,9H2. The molecule has 0 fully saturated rings. The van der Waals surface area contributed by atoms with Crippen LogP contribution >= 0.6 is 15.9 Å². The summed E-state index contributed by atoms with van der Waals surface area (Å²) in [6.07, 6.45) is 0. The van der Waals surface area contributed by atoms with Gasteiger partial charge in [0.2, 0.25) is 0 Å². The zero-order valence-electron chi connectivity index (χ0n) is 10.0. The Morgan fingerprint density at radius 3 is 2.63 bits per heavy atom. The fourth-order valence-electron chi connectivity index (χ4n) is 2.41. The zero-order chi connectivity index (χ0) is 12.8. The summed E-state index contributed by atoms with van der Waals surface area (Å²) in [5.74, 6) is 1.76. The second kappa shape index (κ2) is 4.03. The summed E-state index contributed by atoms with van der Waals surface area (Å²) in [4.78, 5) is 4.67. The Morgan fingerprint density at radius 1 is 1.00 bits per heavy atom. The van der Waals surface area contributed by atoms with Crippen LogP contribution in [0.15, 0.2) is 53.0 Å². The second-order valence-corrected chi connectivity index (χ2v) is 5.50. The third-order valence-electron chi connectivity index (χ3n) is 3.35. The SMILES string of the molecule is Brc1ccc(-c2nc3n(n2)Cc2ccccc2-3)cc1. The fraction of sp³-hybridized carbons (Fsp3) is 0.0667. The van der Waals surface area contributed by atoms with Gasteiger partial charge in [-0.25, -0.2) is 9.67 Å². The van der Waals surface area contributed by atoms with Gasteiger partial charge in [0.25, 0.3) is 0 Å². The summed E-state index contributed by atoms with van der Waals surface area (Å²) in [7, 11) is 0. The Hall–Kier alpha value is -1.94. The van der Waals surface area contributed by atoms with Crippen LogP contribution in [-0.2, 0) is 6.54 Å². The fourth-order valence-corrected chi connectivity index (χ4v) is 2.67. The first-order valence-corrected chi connectivity index (χ1v) is 6.89. The highest BCUT2D eigenvalue weighted by Crippen LogP contribution is 2.31. The molecule has 4 rings (SSSR count). The predicted molar refractivity (Wildman–Crippen MR) is 77.7 cm³/mol. The Balaban J connectivity index is 1.82. The normalized spacial score (nSPS) is 12.3. The molecule has 92 valence electrons. The lowest BCUT2D eigenvalue weighted by molar-refractivity contribution is 0.722. The Labute approximate surface area is 119 Å². The van der Waals surface area contributed by atoms with Crippen molar-refractivity contribution in [2.75, 3.05) is 0 Å². The number of hydrogen-bond acceptors (Lipinski definition) is 2. The maximum Gasteiger partial charge on any atom is 0.181 e. The molecule has 4 heteroatoms. The molecule has 0 amide bonds. The van der Waals surface area contributed by atoms with Crippen LogP contribution in [0.4, 0.5) is 0 Å². The van der Waals surface area contributed by atoms with E-state index >= 15 is 0 Å². The lowest BCUT2D eigenvalue weighted by atomic mass is 10.1. The number of fused-ring (bicyclic) bond motifs is 3. The molecule has 0 spiro atoms. The minimum atomic E-state index is 0.789. The Bertz CT molecular complexity index is 759. The second-order valence-electron chi connectivity index (χ2n) is 4.58. The van der Waals surface area contributed by atoms with E-state index in [1.54, 1.807) is 0 Å². The zero-order valence-corrected chi connectivity index (χ0v) is 11.6. The molecule has 3 aromatic rings. The molecule has 0 saturated carbocycles. The Morgan fingerprint density at radius 2 is 1.79 bits per heavy atom. The maximum absolute atomic E-state index is 4.67. The van der Waals surface area contributed by atoms with Gasteiger partial charge >= 0.3 is 0 Å². The smallest absolute Gasteiger partial charge is 0.181 e. The van der Waals surface area contributed by atoms with Gasteiger partial charge in [-0.1, -0.05) is 52.3 Å². The minimum Gasteiger partial charge on any atom is -0.241 e. The summed E-state index contributed by atoms with van der Waals surface area (Å²) < 4.78 is 3.04. The van der Waals surface area contributed by atoms with Crippen molar-refractivity contribution >= 4 is 15.9 Å². The van der Waals surface area contributed by atoms with E-state index in [0.29, 0.717) is 0 Å². The largest absolute Gasteiger partial charge is 0.241 e. The van der Waals surface area contributed by atoms with Gasteiger partial charge in [-0.2, -0.15) is 5.10 Å². The van der Waals surface area contributed by atoms with Crippen LogP contribution in [0.5, 0.6) is 0 Å². The van der Waals surface area contributed by atoms with E-state index in [-0.39, 0.29) is 0 Å². The highest BCUT2D eigenvalue weighted by Gasteiger charge is 2.22. The van der Waals surface area contributed by atoms with Gasteiger partial charge < -0.3 is 0 Å². The van der Waals surface area contributed by atoms with E-state index in [0.717, 1.165) is 28.2 Å². The van der Waals surface area contributed by atoms with Gasteiger partial charge in [-0.15, -0.1) is 0 Å². The van der Waals surface area contributed by atoms with Crippen LogP contribution in [-0.4, -0.2) is 14.8 Å². The van der Waals surface area contributed by atoms with Gasteiger partial charge in [0, 0.05) is 15.6 Å². The van der Waals surface area contributed by atoms with Crippen molar-refractivity contribution in [1.29, 1.82) is 0 Å². The summed E-state index contributed by atoms with van der Waals surface area (Å²) in [6.45, 7) is 0.815. The molecule has 3 nitrogen and oxygen atoms in total. The summed E-state index contributed by atoms with van der Waals surface area (Å²) in [6, 6.07) is 16.4. The number of hydrogen-bond donors (Lipinski definition) is 0. The average Bonchev–Trinajstić information content (AvgIpc) is 2.97. The molecule has 0 aliphatic carbocycles. The first kappa shape index (κ1) is 10.9. The van der Waals surface area contributed by atoms with Gasteiger partial charge in [0.05, 0.1) is 6.54 Å². The Kier molecular flexibility index (Phi) is 2.32. The molecule has 0 bridgehead atoms. The average molecular weight is 312 g/mol. The van der Waals surface area contributed by atoms with E-state index in [4.69, 9.17) is 0 Å². The molecule has 0 radical (unpaired) electrons. The molecular formula is C15H10BrN3. The van der Waals surface area contributed by atoms with Crippen molar-refractivity contribution in [1.82, 2.24) is 14.8 Å². The quantitative estimate of drug-likeness (QED) is 0.536. The van der Waals surface area contributed by atoms with Crippen LogP contribution in [0.1, 0.15) is 5.56 Å².